The molecule has 1 aliphatic rings. The van der Waals surface area contributed by atoms with Crippen LogP contribution < -0.4 is 14.8 Å². The number of carbonyl (C=O) groups excluding carboxylic acids is 1. The van der Waals surface area contributed by atoms with Crippen LogP contribution in [0.2, 0.25) is 0 Å². The largest absolute Gasteiger partial charge is 0.493 e. The van der Waals surface area contributed by atoms with Crippen LogP contribution in [-0.2, 0) is 4.79 Å². The first kappa shape index (κ1) is 19.4. The highest BCUT2D eigenvalue weighted by Crippen LogP contribution is 2.48. The number of aromatic amines is 1. The Morgan fingerprint density at radius 2 is 2.06 bits per heavy atom. The van der Waals surface area contributed by atoms with Gasteiger partial charge >= 0.3 is 0 Å². The molecule has 1 aliphatic heterocycles. The van der Waals surface area contributed by atoms with Crippen molar-refractivity contribution in [1.29, 1.82) is 0 Å². The van der Waals surface area contributed by atoms with E-state index in [2.05, 4.69) is 25.3 Å². The van der Waals surface area contributed by atoms with E-state index >= 15 is 0 Å². The van der Waals surface area contributed by atoms with Gasteiger partial charge in [0.15, 0.2) is 23.0 Å². The number of rotatable bonds is 4. The van der Waals surface area contributed by atoms with Gasteiger partial charge in [-0.1, -0.05) is 12.1 Å². The second-order valence-corrected chi connectivity index (χ2v) is 7.97. The first-order valence-electron chi connectivity index (χ1n) is 9.48. The zero-order valence-corrected chi connectivity index (χ0v) is 17.9. The van der Waals surface area contributed by atoms with Crippen LogP contribution in [0.3, 0.4) is 0 Å². The Hall–Kier alpha value is -3.60. The fourth-order valence-corrected chi connectivity index (χ4v) is 5.02. The van der Waals surface area contributed by atoms with Crippen LogP contribution in [-0.4, -0.2) is 55.6 Å². The molecule has 0 saturated carbocycles. The van der Waals surface area contributed by atoms with Crippen molar-refractivity contribution in [1.82, 2.24) is 29.7 Å². The van der Waals surface area contributed by atoms with Crippen LogP contribution in [0.5, 0.6) is 11.5 Å². The minimum Gasteiger partial charge on any atom is -0.493 e. The van der Waals surface area contributed by atoms with Gasteiger partial charge in [-0.25, -0.2) is 15.0 Å². The van der Waals surface area contributed by atoms with Crippen molar-refractivity contribution in [2.45, 2.75) is 12.2 Å². The lowest BCUT2D eigenvalue weighted by Gasteiger charge is -2.20. The van der Waals surface area contributed by atoms with Crippen molar-refractivity contribution >= 4 is 34.7 Å². The molecule has 4 heterocycles. The summed E-state index contributed by atoms with van der Waals surface area (Å²) in [5.41, 5.74) is 3.71. The number of hydrogen-bond donors (Lipinski definition) is 2. The second-order valence-electron chi connectivity index (χ2n) is 6.88. The van der Waals surface area contributed by atoms with Gasteiger partial charge in [-0.3, -0.25) is 4.79 Å². The molecule has 0 radical (unpaired) electrons. The number of anilines is 1. The summed E-state index contributed by atoms with van der Waals surface area (Å²) in [7, 11) is 3.21. The Bertz CT molecular complexity index is 1300. The summed E-state index contributed by atoms with van der Waals surface area (Å²) in [6.45, 7) is 1.92. The minimum absolute atomic E-state index is 0.119. The molecular formula is C20H19N7O3S. The first-order valence-corrected chi connectivity index (χ1v) is 10.5. The van der Waals surface area contributed by atoms with Crippen molar-refractivity contribution in [2.75, 3.05) is 25.3 Å². The summed E-state index contributed by atoms with van der Waals surface area (Å²) in [6, 6.07) is 5.74. The van der Waals surface area contributed by atoms with Gasteiger partial charge in [0.05, 0.1) is 37.2 Å². The summed E-state index contributed by atoms with van der Waals surface area (Å²) in [5.74, 6) is 2.50. The monoisotopic (exact) mass is 437 g/mol. The predicted molar refractivity (Wildman–Crippen MR) is 116 cm³/mol. The quantitative estimate of drug-likeness (QED) is 0.500. The summed E-state index contributed by atoms with van der Waals surface area (Å²) in [5, 5.41) is 7.53. The summed E-state index contributed by atoms with van der Waals surface area (Å²) < 4.78 is 12.8. The maximum absolute atomic E-state index is 12.6. The van der Waals surface area contributed by atoms with Crippen LogP contribution in [0.25, 0.3) is 17.0 Å². The van der Waals surface area contributed by atoms with E-state index in [1.807, 2.05) is 25.1 Å². The van der Waals surface area contributed by atoms with Crippen LogP contribution in [0.1, 0.15) is 22.1 Å². The third-order valence-electron chi connectivity index (χ3n) is 5.13. The number of thioether (sulfide) groups is 1. The number of methoxy groups -OCH3 is 2. The van der Waals surface area contributed by atoms with Gasteiger partial charge < -0.3 is 19.8 Å². The normalized spacial score (nSPS) is 16.0. The minimum atomic E-state index is -0.202. The molecule has 0 bridgehead atoms. The molecule has 1 atom stereocenters. The predicted octanol–water partition coefficient (Wildman–Crippen LogP) is 2.64. The van der Waals surface area contributed by atoms with Crippen LogP contribution in [0.4, 0.5) is 5.82 Å². The first-order chi connectivity index (χ1) is 15.1. The van der Waals surface area contributed by atoms with E-state index < -0.39 is 0 Å². The van der Waals surface area contributed by atoms with Gasteiger partial charge in [0.25, 0.3) is 0 Å². The number of aromatic nitrogens is 6. The molecule has 11 heteroatoms. The summed E-state index contributed by atoms with van der Waals surface area (Å²) >= 11 is 1.51. The van der Waals surface area contributed by atoms with Gasteiger partial charge in [0, 0.05) is 11.1 Å². The van der Waals surface area contributed by atoms with E-state index in [1.165, 1.54) is 18.1 Å². The molecule has 5 rings (SSSR count). The van der Waals surface area contributed by atoms with Crippen LogP contribution in [0.15, 0.2) is 30.9 Å². The number of nitrogens with one attached hydrogen (secondary N) is 2. The van der Waals surface area contributed by atoms with E-state index in [-0.39, 0.29) is 16.9 Å². The molecular weight excluding hydrogens is 418 g/mol. The molecule has 0 unspecified atom stereocenters. The highest BCUT2D eigenvalue weighted by molar-refractivity contribution is 8.00. The lowest BCUT2D eigenvalue weighted by molar-refractivity contribution is -0.113. The van der Waals surface area contributed by atoms with E-state index in [0.717, 1.165) is 16.8 Å². The molecule has 3 aromatic heterocycles. The highest BCUT2D eigenvalue weighted by atomic mass is 32.2. The van der Waals surface area contributed by atoms with Crippen molar-refractivity contribution in [2.24, 2.45) is 0 Å². The standard InChI is InChI=1S/C20H19N7O3S/c1-10-14-17(11-5-4-6-12(29-2)16(11)30-3)31-7-13(28)25-19(14)27(26-10)20-15-18(22-8-21-15)23-9-24-20/h4-6,8-9,17H,7H2,1-3H3,(H,25,28)(H,21,22,23,24)/t17-/m0/s1. The topological polar surface area (TPSA) is 120 Å². The number of amides is 1. The Morgan fingerprint density at radius 3 is 2.87 bits per heavy atom. The van der Waals surface area contributed by atoms with Gasteiger partial charge in [-0.2, -0.15) is 9.78 Å². The summed E-state index contributed by atoms with van der Waals surface area (Å²) in [6.07, 6.45) is 2.98. The number of benzene rings is 1. The number of H-pyrrole nitrogens is 1. The van der Waals surface area contributed by atoms with E-state index in [4.69, 9.17) is 14.6 Å². The Kier molecular flexibility index (Phi) is 4.74. The Labute approximate surface area is 181 Å². The van der Waals surface area contributed by atoms with E-state index in [0.29, 0.717) is 34.3 Å². The fraction of sp³-hybridized carbons (Fsp3) is 0.250. The van der Waals surface area contributed by atoms with Crippen molar-refractivity contribution in [3.05, 3.63) is 47.7 Å². The number of aryl methyl sites for hydroxylation is 1. The maximum Gasteiger partial charge on any atom is 0.235 e. The number of fused-ring (bicyclic) bond motifs is 2. The molecule has 10 nitrogen and oxygen atoms in total. The molecule has 0 spiro atoms. The third-order valence-corrected chi connectivity index (χ3v) is 6.38. The summed E-state index contributed by atoms with van der Waals surface area (Å²) in [4.78, 5) is 28.4. The third kappa shape index (κ3) is 3.08. The molecule has 0 fully saturated rings. The molecule has 2 N–H and O–H groups in total. The molecule has 1 amide bonds. The van der Waals surface area contributed by atoms with Crippen molar-refractivity contribution in [3.63, 3.8) is 0 Å². The number of ether oxygens (including phenoxy) is 2. The SMILES string of the molecule is COc1cccc([C@@H]2SCC(=O)Nc3c2c(C)nn3-c2ncnc3nc[nH]c23)c1OC. The van der Waals surface area contributed by atoms with Gasteiger partial charge in [0.1, 0.15) is 17.7 Å². The lowest BCUT2D eigenvalue weighted by atomic mass is 10.0. The zero-order valence-electron chi connectivity index (χ0n) is 17.0. The van der Waals surface area contributed by atoms with E-state index in [9.17, 15) is 4.79 Å². The number of carbonyl (C=O) groups is 1. The van der Waals surface area contributed by atoms with Crippen molar-refractivity contribution in [3.8, 4) is 17.3 Å². The fourth-order valence-electron chi connectivity index (χ4n) is 3.81. The van der Waals surface area contributed by atoms with E-state index in [1.54, 1.807) is 25.2 Å². The average Bonchev–Trinajstić information content (AvgIpc) is 3.34. The Morgan fingerprint density at radius 1 is 1.19 bits per heavy atom. The molecule has 31 heavy (non-hydrogen) atoms. The van der Waals surface area contributed by atoms with Crippen LogP contribution in [0, 0.1) is 6.92 Å². The van der Waals surface area contributed by atoms with Gasteiger partial charge in [-0.05, 0) is 13.0 Å². The van der Waals surface area contributed by atoms with Gasteiger partial charge in [0.2, 0.25) is 5.91 Å². The number of hydrogen-bond acceptors (Lipinski definition) is 8. The van der Waals surface area contributed by atoms with Crippen LogP contribution >= 0.6 is 11.8 Å². The smallest absolute Gasteiger partial charge is 0.235 e. The van der Waals surface area contributed by atoms with Crippen molar-refractivity contribution < 1.29 is 14.3 Å². The molecule has 158 valence electrons. The average molecular weight is 437 g/mol. The lowest BCUT2D eigenvalue weighted by Crippen LogP contribution is -2.16. The molecule has 4 aromatic rings. The maximum atomic E-state index is 12.6. The molecule has 1 aromatic carbocycles. The van der Waals surface area contributed by atoms with Gasteiger partial charge in [-0.15, -0.1) is 11.8 Å². The Balaban J connectivity index is 1.74. The highest BCUT2D eigenvalue weighted by Gasteiger charge is 2.33. The second kappa shape index (κ2) is 7.58. The molecule has 0 saturated heterocycles. The zero-order chi connectivity index (χ0) is 21.5. The number of para-hydroxylation sites is 1. The number of imidazole rings is 1. The molecule has 0 aliphatic carbocycles. The number of nitrogens with zero attached hydrogens (tertiary/aromatic N) is 5.